The number of ketones is 1. The lowest BCUT2D eigenvalue weighted by molar-refractivity contribution is -0.0429. The lowest BCUT2D eigenvalue weighted by atomic mass is 9.80. The van der Waals surface area contributed by atoms with Crippen molar-refractivity contribution in [2.45, 2.75) is 45.1 Å². The number of methoxy groups -OCH3 is 1. The molecule has 1 fully saturated rings. The molecule has 0 unspecified atom stereocenters. The van der Waals surface area contributed by atoms with Crippen molar-refractivity contribution < 1.29 is 19.4 Å². The van der Waals surface area contributed by atoms with Gasteiger partial charge in [0, 0.05) is 5.56 Å². The fourth-order valence-electron chi connectivity index (χ4n) is 2.66. The zero-order chi connectivity index (χ0) is 15.5. The van der Waals surface area contributed by atoms with E-state index in [4.69, 9.17) is 9.47 Å². The number of ether oxygens (including phenoxy) is 2. The highest BCUT2D eigenvalue weighted by Crippen LogP contribution is 2.34. The normalized spacial score (nSPS) is 25.4. The Labute approximate surface area is 126 Å². The van der Waals surface area contributed by atoms with E-state index >= 15 is 0 Å². The smallest absolute Gasteiger partial charge is 0.161 e. The first-order valence-corrected chi connectivity index (χ1v) is 7.48. The fraction of sp³-hybridized carbons (Fsp3) is 0.588. The van der Waals surface area contributed by atoms with Crippen molar-refractivity contribution >= 4 is 5.78 Å². The molecule has 21 heavy (non-hydrogen) atoms. The fourth-order valence-corrected chi connectivity index (χ4v) is 2.66. The molecular formula is C17H24O4. The molecule has 4 heteroatoms. The molecule has 2 rings (SSSR count). The standard InChI is InChI=1S/C17H24O4/c1-12-6-8-17(19,9-7-12)11-21-15-5-4-14(13(2)18)10-16(15)20-3/h4-5,10,12,19H,6-9,11H2,1-3H3. The Morgan fingerprint density at radius 3 is 2.57 bits per heavy atom. The summed E-state index contributed by atoms with van der Waals surface area (Å²) in [6, 6.07) is 5.11. The van der Waals surface area contributed by atoms with Gasteiger partial charge in [-0.2, -0.15) is 0 Å². The third-order valence-corrected chi connectivity index (χ3v) is 4.27. The SMILES string of the molecule is COc1cc(C(C)=O)ccc1OCC1(O)CCC(C)CC1. The quantitative estimate of drug-likeness (QED) is 0.847. The number of hydrogen-bond acceptors (Lipinski definition) is 4. The first-order chi connectivity index (χ1) is 9.93. The van der Waals surface area contributed by atoms with Gasteiger partial charge in [0.25, 0.3) is 0 Å². The number of Topliss-reactive ketones (excluding diaryl/α,β-unsaturated/α-hetero) is 1. The molecule has 0 bridgehead atoms. The van der Waals surface area contributed by atoms with Crippen LogP contribution in [0.5, 0.6) is 11.5 Å². The van der Waals surface area contributed by atoms with Gasteiger partial charge in [-0.25, -0.2) is 0 Å². The Morgan fingerprint density at radius 2 is 2.00 bits per heavy atom. The van der Waals surface area contributed by atoms with Gasteiger partial charge in [-0.1, -0.05) is 6.92 Å². The van der Waals surface area contributed by atoms with Gasteiger partial charge >= 0.3 is 0 Å². The summed E-state index contributed by atoms with van der Waals surface area (Å²) < 4.78 is 11.0. The van der Waals surface area contributed by atoms with Gasteiger partial charge in [-0.3, -0.25) is 4.79 Å². The molecule has 0 aromatic heterocycles. The average Bonchev–Trinajstić information content (AvgIpc) is 2.48. The molecule has 1 aliphatic carbocycles. The zero-order valence-electron chi connectivity index (χ0n) is 13.0. The highest BCUT2D eigenvalue weighted by molar-refractivity contribution is 5.94. The summed E-state index contributed by atoms with van der Waals surface area (Å²) in [5, 5.41) is 10.5. The molecule has 1 N–H and O–H groups in total. The van der Waals surface area contributed by atoms with Crippen LogP contribution in [-0.2, 0) is 0 Å². The summed E-state index contributed by atoms with van der Waals surface area (Å²) in [7, 11) is 1.54. The highest BCUT2D eigenvalue weighted by atomic mass is 16.5. The Morgan fingerprint density at radius 1 is 1.33 bits per heavy atom. The molecule has 0 heterocycles. The van der Waals surface area contributed by atoms with Crippen LogP contribution < -0.4 is 9.47 Å². The summed E-state index contributed by atoms with van der Waals surface area (Å²) in [4.78, 5) is 11.4. The van der Waals surface area contributed by atoms with E-state index in [0.717, 1.165) is 25.7 Å². The van der Waals surface area contributed by atoms with E-state index < -0.39 is 5.60 Å². The minimum atomic E-state index is -0.753. The predicted octanol–water partition coefficient (Wildman–Crippen LogP) is 3.22. The summed E-state index contributed by atoms with van der Waals surface area (Å²) >= 11 is 0. The van der Waals surface area contributed by atoms with Crippen LogP contribution in [0.4, 0.5) is 0 Å². The molecule has 1 aromatic rings. The molecule has 1 saturated carbocycles. The molecule has 1 aromatic carbocycles. The predicted molar refractivity (Wildman–Crippen MR) is 81.1 cm³/mol. The summed E-state index contributed by atoms with van der Waals surface area (Å²) in [6.45, 7) is 3.99. The van der Waals surface area contributed by atoms with E-state index in [1.807, 2.05) is 0 Å². The highest BCUT2D eigenvalue weighted by Gasteiger charge is 2.32. The van der Waals surface area contributed by atoms with Crippen LogP contribution in [0.2, 0.25) is 0 Å². The van der Waals surface area contributed by atoms with Crippen LogP contribution >= 0.6 is 0 Å². The van der Waals surface area contributed by atoms with Gasteiger partial charge in [0.2, 0.25) is 0 Å². The van der Waals surface area contributed by atoms with Crippen LogP contribution in [0.3, 0.4) is 0 Å². The minimum absolute atomic E-state index is 0.0141. The second kappa shape index (κ2) is 6.48. The number of rotatable bonds is 5. The Kier molecular flexibility index (Phi) is 4.88. The van der Waals surface area contributed by atoms with Gasteiger partial charge in [-0.05, 0) is 56.7 Å². The summed E-state index contributed by atoms with van der Waals surface area (Å²) in [5.41, 5.74) is -0.166. The Bertz CT molecular complexity index is 502. The average molecular weight is 292 g/mol. The van der Waals surface area contributed by atoms with E-state index in [9.17, 15) is 9.90 Å². The van der Waals surface area contributed by atoms with Gasteiger partial charge in [0.1, 0.15) is 6.61 Å². The number of hydrogen-bond donors (Lipinski definition) is 1. The molecular weight excluding hydrogens is 268 g/mol. The van der Waals surface area contributed by atoms with Crippen LogP contribution in [0.15, 0.2) is 18.2 Å². The largest absolute Gasteiger partial charge is 0.493 e. The van der Waals surface area contributed by atoms with Gasteiger partial charge < -0.3 is 14.6 Å². The second-order valence-corrected chi connectivity index (χ2v) is 6.12. The minimum Gasteiger partial charge on any atom is -0.493 e. The molecule has 0 radical (unpaired) electrons. The molecule has 4 nitrogen and oxygen atoms in total. The lowest BCUT2D eigenvalue weighted by Gasteiger charge is -2.34. The lowest BCUT2D eigenvalue weighted by Crippen LogP contribution is -2.39. The van der Waals surface area contributed by atoms with E-state index in [1.165, 1.54) is 6.92 Å². The Hall–Kier alpha value is -1.55. The third-order valence-electron chi connectivity index (χ3n) is 4.27. The van der Waals surface area contributed by atoms with Crippen molar-refractivity contribution in [2.24, 2.45) is 5.92 Å². The topological polar surface area (TPSA) is 55.8 Å². The maximum atomic E-state index is 11.4. The van der Waals surface area contributed by atoms with Gasteiger partial charge in [0.05, 0.1) is 12.7 Å². The molecule has 1 aliphatic rings. The Balaban J connectivity index is 2.04. The van der Waals surface area contributed by atoms with Crippen molar-refractivity contribution in [1.29, 1.82) is 0 Å². The molecule has 0 spiro atoms. The number of carbonyl (C=O) groups is 1. The van der Waals surface area contributed by atoms with Crippen LogP contribution in [0, 0.1) is 5.92 Å². The van der Waals surface area contributed by atoms with E-state index in [0.29, 0.717) is 23.0 Å². The van der Waals surface area contributed by atoms with Crippen LogP contribution in [-0.4, -0.2) is 30.2 Å². The first kappa shape index (κ1) is 15.8. The monoisotopic (exact) mass is 292 g/mol. The van der Waals surface area contributed by atoms with Crippen molar-refractivity contribution in [2.75, 3.05) is 13.7 Å². The number of aliphatic hydroxyl groups is 1. The van der Waals surface area contributed by atoms with Crippen LogP contribution in [0.25, 0.3) is 0 Å². The second-order valence-electron chi connectivity index (χ2n) is 6.12. The van der Waals surface area contributed by atoms with E-state index in [-0.39, 0.29) is 12.4 Å². The maximum Gasteiger partial charge on any atom is 0.161 e. The maximum absolute atomic E-state index is 11.4. The van der Waals surface area contributed by atoms with Gasteiger partial charge in [-0.15, -0.1) is 0 Å². The van der Waals surface area contributed by atoms with Crippen molar-refractivity contribution in [3.8, 4) is 11.5 Å². The molecule has 0 aliphatic heterocycles. The third kappa shape index (κ3) is 3.97. The summed E-state index contributed by atoms with van der Waals surface area (Å²) in [5.74, 6) is 1.75. The number of carbonyl (C=O) groups excluding carboxylic acids is 1. The van der Waals surface area contributed by atoms with Crippen molar-refractivity contribution in [1.82, 2.24) is 0 Å². The van der Waals surface area contributed by atoms with Crippen molar-refractivity contribution in [3.05, 3.63) is 23.8 Å². The van der Waals surface area contributed by atoms with Crippen molar-refractivity contribution in [3.63, 3.8) is 0 Å². The summed E-state index contributed by atoms with van der Waals surface area (Å²) in [6.07, 6.45) is 3.59. The first-order valence-electron chi connectivity index (χ1n) is 7.48. The molecule has 0 atom stereocenters. The molecule has 0 saturated heterocycles. The molecule has 0 amide bonds. The van der Waals surface area contributed by atoms with E-state index in [1.54, 1.807) is 25.3 Å². The zero-order valence-corrected chi connectivity index (χ0v) is 13.0. The molecule has 116 valence electrons. The van der Waals surface area contributed by atoms with Crippen LogP contribution in [0.1, 0.15) is 49.9 Å². The number of benzene rings is 1. The van der Waals surface area contributed by atoms with E-state index in [2.05, 4.69) is 6.92 Å². The van der Waals surface area contributed by atoms with Gasteiger partial charge in [0.15, 0.2) is 17.3 Å².